The second kappa shape index (κ2) is 4.20. The number of para-hydroxylation sites is 2. The van der Waals surface area contributed by atoms with Crippen molar-refractivity contribution in [3.63, 3.8) is 0 Å². The summed E-state index contributed by atoms with van der Waals surface area (Å²) in [4.78, 5) is 9.63. The van der Waals surface area contributed by atoms with Gasteiger partial charge in [0.15, 0.2) is 0 Å². The first-order valence-electron chi connectivity index (χ1n) is 8.15. The predicted molar refractivity (Wildman–Crippen MR) is 97.1 cm³/mol. The fourth-order valence-electron chi connectivity index (χ4n) is 3.99. The van der Waals surface area contributed by atoms with Crippen molar-refractivity contribution < 1.29 is 0 Å². The zero-order valence-electron chi connectivity index (χ0n) is 12.9. The Bertz CT molecular complexity index is 1280. The molecule has 0 amide bonds. The van der Waals surface area contributed by atoms with Crippen LogP contribution in [0.3, 0.4) is 0 Å². The van der Waals surface area contributed by atoms with Crippen molar-refractivity contribution in [3.05, 3.63) is 72.4 Å². The number of benzene rings is 2. The highest BCUT2D eigenvalue weighted by atomic mass is 15.0. The normalized spacial score (nSPS) is 12.8. The third-order valence-electron chi connectivity index (χ3n) is 5.03. The van der Waals surface area contributed by atoms with Gasteiger partial charge in [-0.2, -0.15) is 0 Å². The van der Waals surface area contributed by atoms with Crippen molar-refractivity contribution in [2.24, 2.45) is 0 Å². The summed E-state index contributed by atoms with van der Waals surface area (Å²) in [6, 6.07) is 21.3. The molecule has 1 aliphatic rings. The van der Waals surface area contributed by atoms with E-state index in [1.165, 1.54) is 32.8 Å². The second-order valence-corrected chi connectivity index (χ2v) is 6.35. The number of fused-ring (bicyclic) bond motifs is 6. The maximum atomic E-state index is 4.93. The average Bonchev–Trinajstić information content (AvgIpc) is 2.96. The van der Waals surface area contributed by atoms with Crippen molar-refractivity contribution in [2.75, 3.05) is 0 Å². The summed E-state index contributed by atoms with van der Waals surface area (Å²) in [7, 11) is 0. The largest absolute Gasteiger partial charge is 0.334 e. The molecule has 0 saturated heterocycles. The molecule has 0 unspecified atom stereocenters. The van der Waals surface area contributed by atoms with Crippen LogP contribution in [0.15, 0.2) is 66.9 Å². The summed E-state index contributed by atoms with van der Waals surface area (Å²) in [6.07, 6.45) is 1.90. The molecule has 0 fully saturated rings. The molecule has 112 valence electrons. The maximum absolute atomic E-state index is 4.93. The van der Waals surface area contributed by atoms with Crippen LogP contribution in [0.1, 0.15) is 5.56 Å². The van der Waals surface area contributed by atoms with Gasteiger partial charge in [-0.25, -0.2) is 4.98 Å². The summed E-state index contributed by atoms with van der Waals surface area (Å²) in [6.45, 7) is 0.843. The van der Waals surface area contributed by atoms with Crippen LogP contribution >= 0.6 is 0 Å². The molecule has 24 heavy (non-hydrogen) atoms. The van der Waals surface area contributed by atoms with Crippen LogP contribution in [0, 0.1) is 0 Å². The minimum absolute atomic E-state index is 0.843. The molecule has 0 saturated carbocycles. The molecular weight excluding hydrogens is 294 g/mol. The molecule has 1 aliphatic heterocycles. The zero-order valence-corrected chi connectivity index (χ0v) is 12.9. The van der Waals surface area contributed by atoms with E-state index in [1.54, 1.807) is 0 Å². The van der Waals surface area contributed by atoms with Crippen LogP contribution in [0.4, 0.5) is 0 Å². The van der Waals surface area contributed by atoms with Crippen LogP contribution in [0.5, 0.6) is 0 Å². The fraction of sp³-hybridized carbons (Fsp3) is 0.0476. The lowest BCUT2D eigenvalue weighted by Gasteiger charge is -2.19. The number of pyridine rings is 2. The van der Waals surface area contributed by atoms with E-state index in [-0.39, 0.29) is 0 Å². The van der Waals surface area contributed by atoms with E-state index in [2.05, 4.69) is 59.2 Å². The third-order valence-corrected chi connectivity index (χ3v) is 5.03. The van der Waals surface area contributed by atoms with Crippen LogP contribution in [0.2, 0.25) is 0 Å². The lowest BCUT2D eigenvalue weighted by atomic mass is 10.0. The third kappa shape index (κ3) is 1.42. The Morgan fingerprint density at radius 3 is 2.71 bits per heavy atom. The van der Waals surface area contributed by atoms with E-state index in [0.717, 1.165) is 23.4 Å². The molecule has 2 aromatic carbocycles. The number of nitrogens with zero attached hydrogens (tertiary/aromatic N) is 3. The highest BCUT2D eigenvalue weighted by Gasteiger charge is 2.24. The van der Waals surface area contributed by atoms with Gasteiger partial charge in [0.05, 0.1) is 23.3 Å². The molecule has 0 spiro atoms. The minimum Gasteiger partial charge on any atom is -0.334 e. The van der Waals surface area contributed by atoms with Gasteiger partial charge in [0.1, 0.15) is 5.69 Å². The number of aromatic nitrogens is 3. The Hall–Kier alpha value is -3.20. The van der Waals surface area contributed by atoms with Gasteiger partial charge in [0.2, 0.25) is 0 Å². The van der Waals surface area contributed by atoms with E-state index in [0.29, 0.717) is 0 Å². The quantitative estimate of drug-likeness (QED) is 0.405. The Morgan fingerprint density at radius 2 is 1.71 bits per heavy atom. The lowest BCUT2D eigenvalue weighted by Crippen LogP contribution is -2.10. The van der Waals surface area contributed by atoms with Crippen molar-refractivity contribution in [3.8, 4) is 11.4 Å². The smallest absolute Gasteiger partial charge is 0.113 e. The number of hydrogen-bond acceptors (Lipinski definition) is 2. The highest BCUT2D eigenvalue weighted by molar-refractivity contribution is 6.12. The molecule has 3 nitrogen and oxygen atoms in total. The van der Waals surface area contributed by atoms with Crippen LogP contribution < -0.4 is 0 Å². The van der Waals surface area contributed by atoms with E-state index in [4.69, 9.17) is 9.97 Å². The molecule has 3 aromatic heterocycles. The maximum Gasteiger partial charge on any atom is 0.113 e. The van der Waals surface area contributed by atoms with E-state index in [9.17, 15) is 0 Å². The van der Waals surface area contributed by atoms with Crippen LogP contribution in [0.25, 0.3) is 44.1 Å². The molecule has 3 heteroatoms. The second-order valence-electron chi connectivity index (χ2n) is 6.35. The van der Waals surface area contributed by atoms with Crippen molar-refractivity contribution in [1.29, 1.82) is 0 Å². The first kappa shape index (κ1) is 12.3. The van der Waals surface area contributed by atoms with Gasteiger partial charge in [0, 0.05) is 33.4 Å². The minimum atomic E-state index is 0.843. The van der Waals surface area contributed by atoms with E-state index < -0.39 is 0 Å². The van der Waals surface area contributed by atoms with Crippen LogP contribution in [-0.2, 0) is 6.54 Å². The van der Waals surface area contributed by atoms with Gasteiger partial charge >= 0.3 is 0 Å². The SMILES string of the molecule is c1ccc2nc3c(cc2c1)Cn1c2ccccc2c2ccnc-3c21. The molecule has 0 radical (unpaired) electrons. The number of rotatable bonds is 0. The Labute approximate surface area is 138 Å². The van der Waals surface area contributed by atoms with Gasteiger partial charge in [0.25, 0.3) is 0 Å². The molecule has 5 aromatic rings. The molecule has 0 N–H and O–H groups in total. The Morgan fingerprint density at radius 1 is 0.833 bits per heavy atom. The van der Waals surface area contributed by atoms with Crippen LogP contribution in [-0.4, -0.2) is 14.5 Å². The fourth-order valence-corrected chi connectivity index (χ4v) is 3.99. The molecule has 6 rings (SSSR count). The summed E-state index contributed by atoms with van der Waals surface area (Å²) in [5.41, 5.74) is 6.75. The van der Waals surface area contributed by atoms with Crippen molar-refractivity contribution in [2.45, 2.75) is 6.54 Å². The molecule has 0 aliphatic carbocycles. The van der Waals surface area contributed by atoms with Gasteiger partial charge in [-0.05, 0) is 24.3 Å². The highest BCUT2D eigenvalue weighted by Crippen LogP contribution is 2.39. The standard InChI is InChI=1S/C21H13N3/c1-3-7-17-13(5-1)11-14-12-24-18-8-4-2-6-15(18)16-9-10-22-20(21(16)24)19(14)23-17/h1-11H,12H2. The summed E-state index contributed by atoms with van der Waals surface area (Å²) < 4.78 is 2.38. The predicted octanol–water partition coefficient (Wildman–Crippen LogP) is 4.77. The molecule has 0 bridgehead atoms. The topological polar surface area (TPSA) is 30.7 Å². The Balaban J connectivity index is 1.82. The summed E-state index contributed by atoms with van der Waals surface area (Å²) in [5, 5.41) is 3.73. The Kier molecular flexibility index (Phi) is 2.15. The summed E-state index contributed by atoms with van der Waals surface area (Å²) in [5.74, 6) is 0. The van der Waals surface area contributed by atoms with Gasteiger partial charge in [-0.15, -0.1) is 0 Å². The average molecular weight is 307 g/mol. The summed E-state index contributed by atoms with van der Waals surface area (Å²) >= 11 is 0. The monoisotopic (exact) mass is 307 g/mol. The lowest BCUT2D eigenvalue weighted by molar-refractivity contribution is 0.851. The van der Waals surface area contributed by atoms with Crippen molar-refractivity contribution >= 4 is 32.7 Å². The van der Waals surface area contributed by atoms with Crippen molar-refractivity contribution in [1.82, 2.24) is 14.5 Å². The molecular formula is C21H13N3. The first-order chi connectivity index (χ1) is 11.9. The van der Waals surface area contributed by atoms with E-state index in [1.807, 2.05) is 12.3 Å². The zero-order chi connectivity index (χ0) is 15.7. The van der Waals surface area contributed by atoms with Gasteiger partial charge in [-0.3, -0.25) is 4.98 Å². The van der Waals surface area contributed by atoms with Gasteiger partial charge < -0.3 is 4.57 Å². The van der Waals surface area contributed by atoms with E-state index >= 15 is 0 Å². The first-order valence-corrected chi connectivity index (χ1v) is 8.15. The van der Waals surface area contributed by atoms with Gasteiger partial charge in [-0.1, -0.05) is 36.4 Å². The molecule has 4 heterocycles. The molecule has 0 atom stereocenters. The number of hydrogen-bond donors (Lipinski definition) is 0.